The van der Waals surface area contributed by atoms with Crippen LogP contribution in [-0.2, 0) is 6.54 Å². The van der Waals surface area contributed by atoms with E-state index >= 15 is 0 Å². The maximum absolute atomic E-state index is 12.4. The molecule has 0 radical (unpaired) electrons. The number of thiol groups is 1. The summed E-state index contributed by atoms with van der Waals surface area (Å²) in [5, 5.41) is 4.41. The third-order valence-electron chi connectivity index (χ3n) is 4.90. The van der Waals surface area contributed by atoms with Crippen LogP contribution in [0.2, 0.25) is 0 Å². The predicted octanol–water partition coefficient (Wildman–Crippen LogP) is 2.97. The topological polar surface area (TPSA) is 38.1 Å². The zero-order valence-electron chi connectivity index (χ0n) is 13.2. The zero-order valence-corrected chi connectivity index (χ0v) is 14.1. The number of rotatable bonds is 6. The van der Waals surface area contributed by atoms with Crippen molar-refractivity contribution in [2.75, 3.05) is 23.7 Å². The Morgan fingerprint density at radius 1 is 1.24 bits per heavy atom. The summed E-state index contributed by atoms with van der Waals surface area (Å²) in [6, 6.07) is 1.74. The van der Waals surface area contributed by atoms with E-state index in [1.165, 1.54) is 19.3 Å². The fourth-order valence-corrected chi connectivity index (χ4v) is 3.48. The Balaban J connectivity index is 2.17. The third-order valence-corrected chi connectivity index (χ3v) is 5.57. The van der Waals surface area contributed by atoms with Crippen LogP contribution >= 0.6 is 12.6 Å². The van der Waals surface area contributed by atoms with Crippen molar-refractivity contribution in [3.8, 4) is 0 Å². The highest BCUT2D eigenvalue weighted by atomic mass is 32.1. The lowest BCUT2D eigenvalue weighted by molar-refractivity contribution is 0.241. The van der Waals surface area contributed by atoms with E-state index < -0.39 is 0 Å². The van der Waals surface area contributed by atoms with Gasteiger partial charge in [-0.15, -0.1) is 0 Å². The first-order valence-corrected chi connectivity index (χ1v) is 8.70. The lowest BCUT2D eigenvalue weighted by Crippen LogP contribution is -2.36. The molecule has 0 saturated carbocycles. The van der Waals surface area contributed by atoms with Gasteiger partial charge in [-0.1, -0.05) is 13.8 Å². The number of nitrogens with zero attached hydrogens (tertiary/aromatic N) is 3. The molecule has 1 fully saturated rings. The van der Waals surface area contributed by atoms with E-state index in [9.17, 15) is 4.79 Å². The molecule has 4 nitrogen and oxygen atoms in total. The van der Waals surface area contributed by atoms with Crippen molar-refractivity contribution in [1.82, 2.24) is 9.78 Å². The Labute approximate surface area is 132 Å². The van der Waals surface area contributed by atoms with Gasteiger partial charge in [0.15, 0.2) is 0 Å². The highest BCUT2D eigenvalue weighted by Gasteiger charge is 2.26. The first-order chi connectivity index (χ1) is 10.1. The van der Waals surface area contributed by atoms with Crippen LogP contribution in [0.5, 0.6) is 0 Å². The molecule has 1 aliphatic rings. The van der Waals surface area contributed by atoms with Gasteiger partial charge in [0.2, 0.25) is 0 Å². The monoisotopic (exact) mass is 309 g/mol. The lowest BCUT2D eigenvalue weighted by atomic mass is 9.84. The number of hydrogen-bond donors (Lipinski definition) is 1. The smallest absolute Gasteiger partial charge is 0.268 e. The summed E-state index contributed by atoms with van der Waals surface area (Å²) in [6.07, 6.45) is 7.57. The summed E-state index contributed by atoms with van der Waals surface area (Å²) in [6.45, 7) is 7.05. The Morgan fingerprint density at radius 2 is 1.90 bits per heavy atom. The molecular weight excluding hydrogens is 282 g/mol. The zero-order chi connectivity index (χ0) is 15.3. The van der Waals surface area contributed by atoms with Gasteiger partial charge in [-0.05, 0) is 43.3 Å². The van der Waals surface area contributed by atoms with Crippen molar-refractivity contribution in [1.29, 1.82) is 0 Å². The van der Waals surface area contributed by atoms with Crippen LogP contribution in [0.3, 0.4) is 0 Å². The van der Waals surface area contributed by atoms with Crippen LogP contribution < -0.4 is 10.5 Å². The molecule has 0 unspecified atom stereocenters. The van der Waals surface area contributed by atoms with Crippen molar-refractivity contribution in [3.63, 3.8) is 0 Å². The maximum atomic E-state index is 12.4. The summed E-state index contributed by atoms with van der Waals surface area (Å²) < 4.78 is 1.61. The largest absolute Gasteiger partial charge is 0.370 e. The summed E-state index contributed by atoms with van der Waals surface area (Å²) in [5.41, 5.74) is 1.04. The Hall–Kier alpha value is -0.970. The molecule has 2 heterocycles. The summed E-state index contributed by atoms with van der Waals surface area (Å²) >= 11 is 4.48. The van der Waals surface area contributed by atoms with Gasteiger partial charge in [0, 0.05) is 19.2 Å². The van der Waals surface area contributed by atoms with Crippen molar-refractivity contribution in [3.05, 3.63) is 22.6 Å². The SMILES string of the molecule is CCC(CC)(CS)Cn1ncc(N2CCCCC2)cc1=O. The Bertz CT molecular complexity index is 496. The number of anilines is 1. The van der Waals surface area contributed by atoms with Gasteiger partial charge in [0.25, 0.3) is 5.56 Å². The molecule has 21 heavy (non-hydrogen) atoms. The van der Waals surface area contributed by atoms with Gasteiger partial charge in [0.05, 0.1) is 18.4 Å². The van der Waals surface area contributed by atoms with E-state index in [2.05, 4.69) is 36.5 Å². The predicted molar refractivity (Wildman–Crippen MR) is 91.4 cm³/mol. The van der Waals surface area contributed by atoms with Crippen molar-refractivity contribution in [2.45, 2.75) is 52.5 Å². The Kier molecular flexibility index (Phi) is 5.73. The summed E-state index contributed by atoms with van der Waals surface area (Å²) in [7, 11) is 0. The second-order valence-electron chi connectivity index (χ2n) is 6.12. The van der Waals surface area contributed by atoms with E-state index in [1.807, 2.05) is 6.20 Å². The molecule has 2 rings (SSSR count). The third kappa shape index (κ3) is 3.82. The molecule has 1 aromatic heterocycles. The van der Waals surface area contributed by atoms with E-state index in [1.54, 1.807) is 10.7 Å². The molecule has 1 aliphatic heterocycles. The molecule has 0 aromatic carbocycles. The van der Waals surface area contributed by atoms with E-state index in [4.69, 9.17) is 0 Å². The average Bonchev–Trinajstić information content (AvgIpc) is 2.55. The van der Waals surface area contributed by atoms with Gasteiger partial charge < -0.3 is 4.90 Å². The second-order valence-corrected chi connectivity index (χ2v) is 6.44. The van der Waals surface area contributed by atoms with Crippen LogP contribution in [0.1, 0.15) is 46.0 Å². The Morgan fingerprint density at radius 3 is 2.43 bits per heavy atom. The van der Waals surface area contributed by atoms with Gasteiger partial charge in [0.1, 0.15) is 0 Å². The first-order valence-electron chi connectivity index (χ1n) is 8.07. The van der Waals surface area contributed by atoms with Crippen molar-refractivity contribution in [2.24, 2.45) is 5.41 Å². The first kappa shape index (κ1) is 16.4. The van der Waals surface area contributed by atoms with E-state index in [0.717, 1.165) is 37.4 Å². The molecule has 0 aliphatic carbocycles. The number of piperidine rings is 1. The summed E-state index contributed by atoms with van der Waals surface area (Å²) in [5.74, 6) is 0.780. The van der Waals surface area contributed by atoms with E-state index in [-0.39, 0.29) is 11.0 Å². The fraction of sp³-hybridized carbons (Fsp3) is 0.750. The van der Waals surface area contributed by atoms with Crippen LogP contribution in [0.4, 0.5) is 5.69 Å². The average molecular weight is 309 g/mol. The van der Waals surface area contributed by atoms with Gasteiger partial charge in [-0.3, -0.25) is 4.79 Å². The minimum atomic E-state index is 0.00568. The number of hydrogen-bond acceptors (Lipinski definition) is 4. The molecule has 118 valence electrons. The minimum Gasteiger partial charge on any atom is -0.370 e. The van der Waals surface area contributed by atoms with Gasteiger partial charge in [-0.25, -0.2) is 4.68 Å². The fourth-order valence-electron chi connectivity index (χ4n) is 2.93. The standard InChI is InChI=1S/C16H27N3OS/c1-3-16(4-2,13-21)12-19-15(20)10-14(11-17-19)18-8-6-5-7-9-18/h10-11,21H,3-9,12-13H2,1-2H3. The molecule has 1 aromatic rings. The van der Waals surface area contributed by atoms with Crippen molar-refractivity contribution >= 4 is 18.3 Å². The number of aromatic nitrogens is 2. The minimum absolute atomic E-state index is 0.00568. The van der Waals surface area contributed by atoms with E-state index in [0.29, 0.717) is 6.54 Å². The molecule has 1 saturated heterocycles. The highest BCUT2D eigenvalue weighted by Crippen LogP contribution is 2.29. The van der Waals surface area contributed by atoms with Crippen LogP contribution in [0.15, 0.2) is 17.1 Å². The van der Waals surface area contributed by atoms with Crippen molar-refractivity contribution < 1.29 is 0 Å². The molecular formula is C16H27N3OS. The molecule has 0 N–H and O–H groups in total. The molecule has 0 spiro atoms. The van der Waals surface area contributed by atoms with Gasteiger partial charge >= 0.3 is 0 Å². The quantitative estimate of drug-likeness (QED) is 0.821. The van der Waals surface area contributed by atoms with Crippen LogP contribution in [0.25, 0.3) is 0 Å². The summed E-state index contributed by atoms with van der Waals surface area (Å²) in [4.78, 5) is 14.6. The molecule has 0 atom stereocenters. The molecule has 0 amide bonds. The molecule has 5 heteroatoms. The van der Waals surface area contributed by atoms with Gasteiger partial charge in [-0.2, -0.15) is 17.7 Å². The lowest BCUT2D eigenvalue weighted by Gasteiger charge is -2.31. The molecule has 0 bridgehead atoms. The second kappa shape index (κ2) is 7.34. The van der Waals surface area contributed by atoms with Crippen LogP contribution in [0, 0.1) is 5.41 Å². The normalized spacial score (nSPS) is 16.2. The van der Waals surface area contributed by atoms with Crippen LogP contribution in [-0.4, -0.2) is 28.6 Å². The maximum Gasteiger partial charge on any atom is 0.268 e. The highest BCUT2D eigenvalue weighted by molar-refractivity contribution is 7.80.